The third kappa shape index (κ3) is 6.59. The molecule has 0 aromatic heterocycles. The van der Waals surface area contributed by atoms with Crippen LogP contribution in [0.25, 0.3) is 11.1 Å². The molecule has 1 radical (unpaired) electrons. The maximum atomic E-state index is 15.3. The maximum absolute atomic E-state index is 15.3. The van der Waals surface area contributed by atoms with Crippen LogP contribution in [-0.4, -0.2) is 0 Å². The normalized spacial score (nSPS) is 11.7. The fraction of sp³-hybridized carbons (Fsp3) is 0.379. The highest BCUT2D eigenvalue weighted by molar-refractivity contribution is 5.73. The van der Waals surface area contributed by atoms with Crippen molar-refractivity contribution in [3.05, 3.63) is 82.4 Å². The molecule has 0 atom stereocenters. The fourth-order valence-corrected chi connectivity index (χ4v) is 4.14. The van der Waals surface area contributed by atoms with Crippen LogP contribution in [0.4, 0.5) is 26.3 Å². The molecule has 0 aliphatic carbocycles. The highest BCUT2D eigenvalue weighted by Crippen LogP contribution is 2.43. The topological polar surface area (TPSA) is 29.1 Å². The number of unbranched alkanes of at least 4 members (excludes halogenated alkanes) is 4. The Morgan fingerprint density at radius 3 is 2.08 bits per heavy atom. The standard InChI is InChI=1S/C29H29F6O2/c1-3-5-7-8-10-19-13-16-21(27(32)26(19)31)24-23(36)17-22(30)25(28(24)33)29(34,35)37-20-14-11-18(12-15-20)9-6-4-2/h11-17H,3-10H2,1-2H3. The van der Waals surface area contributed by atoms with Crippen molar-refractivity contribution in [3.63, 3.8) is 0 Å². The molecule has 3 rings (SSSR count). The van der Waals surface area contributed by atoms with Gasteiger partial charge in [0.15, 0.2) is 23.2 Å². The molecule has 2 nitrogen and oxygen atoms in total. The van der Waals surface area contributed by atoms with Gasteiger partial charge in [-0.25, -0.2) is 17.6 Å². The summed E-state index contributed by atoms with van der Waals surface area (Å²) in [7, 11) is 0. The smallest absolute Gasteiger partial charge is 0.429 e. The first-order valence-corrected chi connectivity index (χ1v) is 12.4. The van der Waals surface area contributed by atoms with Crippen LogP contribution in [-0.2, 0) is 24.1 Å². The van der Waals surface area contributed by atoms with Crippen LogP contribution in [0.2, 0.25) is 0 Å². The Kier molecular flexibility index (Phi) is 9.51. The summed E-state index contributed by atoms with van der Waals surface area (Å²) in [6.45, 7) is 4.01. The number of benzene rings is 3. The van der Waals surface area contributed by atoms with Gasteiger partial charge in [0.05, 0.1) is 5.56 Å². The van der Waals surface area contributed by atoms with E-state index in [1.165, 1.54) is 18.2 Å². The van der Waals surface area contributed by atoms with Gasteiger partial charge in [0.1, 0.15) is 17.1 Å². The van der Waals surface area contributed by atoms with E-state index in [1.807, 2.05) is 13.8 Å². The second-order valence-electron chi connectivity index (χ2n) is 9.00. The number of aryl methyl sites for hydroxylation is 2. The molecule has 199 valence electrons. The van der Waals surface area contributed by atoms with E-state index in [9.17, 15) is 27.1 Å². The lowest BCUT2D eigenvalue weighted by atomic mass is 9.96. The molecule has 0 bridgehead atoms. The third-order valence-corrected chi connectivity index (χ3v) is 6.19. The second-order valence-corrected chi connectivity index (χ2v) is 9.00. The molecule has 3 aromatic carbocycles. The van der Waals surface area contributed by atoms with Gasteiger partial charge in [-0.2, -0.15) is 8.78 Å². The average molecular weight is 524 g/mol. The van der Waals surface area contributed by atoms with Crippen LogP contribution in [0.1, 0.15) is 69.1 Å². The summed E-state index contributed by atoms with van der Waals surface area (Å²) < 4.78 is 93.9. The maximum Gasteiger partial charge on any atom is 0.432 e. The van der Waals surface area contributed by atoms with Gasteiger partial charge in [0.25, 0.3) is 0 Å². The molecule has 0 aliphatic rings. The first-order valence-electron chi connectivity index (χ1n) is 12.4. The predicted octanol–water partition coefficient (Wildman–Crippen LogP) is 9.65. The van der Waals surface area contributed by atoms with Gasteiger partial charge in [-0.05, 0) is 48.9 Å². The minimum Gasteiger partial charge on any atom is -0.429 e. The molecular formula is C29H29F6O2. The number of alkyl halides is 2. The van der Waals surface area contributed by atoms with Gasteiger partial charge >= 0.3 is 6.11 Å². The van der Waals surface area contributed by atoms with Gasteiger partial charge < -0.3 is 4.74 Å². The second kappa shape index (κ2) is 12.4. The highest BCUT2D eigenvalue weighted by atomic mass is 19.3. The third-order valence-electron chi connectivity index (χ3n) is 6.19. The zero-order chi connectivity index (χ0) is 27.2. The molecule has 37 heavy (non-hydrogen) atoms. The van der Waals surface area contributed by atoms with Crippen molar-refractivity contribution in [2.24, 2.45) is 0 Å². The SMILES string of the molecule is CCCCCCc1ccc(-c2c([O])cc(F)c(C(F)(F)Oc3ccc(CCCC)cc3)c2F)c(F)c1F. The van der Waals surface area contributed by atoms with Crippen molar-refractivity contribution < 1.29 is 36.2 Å². The van der Waals surface area contributed by atoms with Crippen molar-refractivity contribution in [2.75, 3.05) is 0 Å². The van der Waals surface area contributed by atoms with Crippen molar-refractivity contribution >= 4 is 0 Å². The van der Waals surface area contributed by atoms with Crippen molar-refractivity contribution in [1.82, 2.24) is 0 Å². The van der Waals surface area contributed by atoms with Crippen molar-refractivity contribution in [1.29, 1.82) is 0 Å². The Balaban J connectivity index is 1.95. The highest BCUT2D eigenvalue weighted by Gasteiger charge is 2.43. The summed E-state index contributed by atoms with van der Waals surface area (Å²) in [4.78, 5) is 0. The molecule has 0 N–H and O–H groups in total. The number of hydrogen-bond donors (Lipinski definition) is 0. The van der Waals surface area contributed by atoms with Crippen molar-refractivity contribution in [3.8, 4) is 22.6 Å². The zero-order valence-corrected chi connectivity index (χ0v) is 20.8. The van der Waals surface area contributed by atoms with Crippen LogP contribution < -0.4 is 4.74 Å². The molecule has 8 heteroatoms. The van der Waals surface area contributed by atoms with Crippen molar-refractivity contribution in [2.45, 2.75) is 71.3 Å². The summed E-state index contributed by atoms with van der Waals surface area (Å²) in [6.07, 6.45) is 1.50. The van der Waals surface area contributed by atoms with E-state index in [0.29, 0.717) is 6.42 Å². The Labute approximate surface area is 212 Å². The van der Waals surface area contributed by atoms with Gasteiger partial charge in [-0.3, -0.25) is 5.11 Å². The summed E-state index contributed by atoms with van der Waals surface area (Å²) in [5, 5.41) is 12.4. The minimum absolute atomic E-state index is 0.0172. The molecule has 0 fully saturated rings. The Morgan fingerprint density at radius 1 is 0.757 bits per heavy atom. The Hall–Kier alpha value is -3.16. The van der Waals surface area contributed by atoms with Crippen LogP contribution in [0, 0.1) is 23.3 Å². The van der Waals surface area contributed by atoms with Gasteiger partial charge in [-0.15, -0.1) is 0 Å². The van der Waals surface area contributed by atoms with Crippen LogP contribution in [0.3, 0.4) is 0 Å². The van der Waals surface area contributed by atoms with E-state index in [1.54, 1.807) is 12.1 Å². The number of ether oxygens (including phenoxy) is 1. The molecule has 0 saturated heterocycles. The molecule has 0 saturated carbocycles. The van der Waals surface area contributed by atoms with E-state index < -0.39 is 51.8 Å². The quantitative estimate of drug-likeness (QED) is 0.172. The lowest BCUT2D eigenvalue weighted by molar-refractivity contribution is -0.189. The van der Waals surface area contributed by atoms with Crippen LogP contribution in [0.5, 0.6) is 11.5 Å². The number of hydrogen-bond acceptors (Lipinski definition) is 1. The van der Waals surface area contributed by atoms with E-state index in [4.69, 9.17) is 0 Å². The molecule has 0 spiro atoms. The predicted molar refractivity (Wildman–Crippen MR) is 129 cm³/mol. The molecular weight excluding hydrogens is 494 g/mol. The Bertz CT molecular complexity index is 1210. The lowest BCUT2D eigenvalue weighted by Gasteiger charge is -2.21. The van der Waals surface area contributed by atoms with Crippen LogP contribution >= 0.6 is 0 Å². The monoisotopic (exact) mass is 523 g/mol. The van der Waals surface area contributed by atoms with Gasteiger partial charge in [0.2, 0.25) is 0 Å². The first-order chi connectivity index (χ1) is 17.6. The van der Waals surface area contributed by atoms with E-state index >= 15 is 4.39 Å². The van der Waals surface area contributed by atoms with E-state index in [0.717, 1.165) is 50.2 Å². The Morgan fingerprint density at radius 2 is 1.43 bits per heavy atom. The van der Waals surface area contributed by atoms with Gasteiger partial charge in [0, 0.05) is 11.6 Å². The number of halogens is 6. The summed E-state index contributed by atoms with van der Waals surface area (Å²) in [5.74, 6) is -8.49. The minimum atomic E-state index is -4.55. The largest absolute Gasteiger partial charge is 0.432 e. The lowest BCUT2D eigenvalue weighted by Crippen LogP contribution is -2.25. The number of rotatable bonds is 12. The zero-order valence-electron chi connectivity index (χ0n) is 20.8. The molecule has 0 heterocycles. The van der Waals surface area contributed by atoms with Crippen LogP contribution in [0.15, 0.2) is 42.5 Å². The molecule has 0 aliphatic heterocycles. The van der Waals surface area contributed by atoms with E-state index in [-0.39, 0.29) is 23.8 Å². The summed E-state index contributed by atoms with van der Waals surface area (Å²) in [6, 6.07) is 7.84. The summed E-state index contributed by atoms with van der Waals surface area (Å²) >= 11 is 0. The van der Waals surface area contributed by atoms with Gasteiger partial charge in [-0.1, -0.05) is 63.8 Å². The molecule has 0 amide bonds. The first kappa shape index (κ1) is 28.4. The van der Waals surface area contributed by atoms with E-state index in [2.05, 4.69) is 4.74 Å². The molecule has 0 unspecified atom stereocenters. The summed E-state index contributed by atoms with van der Waals surface area (Å²) in [5.41, 5.74) is -3.03. The molecule has 3 aromatic rings. The average Bonchev–Trinajstić information content (AvgIpc) is 2.84. The fourth-order valence-electron chi connectivity index (χ4n) is 4.14.